The van der Waals surface area contributed by atoms with Crippen molar-refractivity contribution in [2.75, 3.05) is 10.6 Å². The molecule has 1 amide bonds. The quantitative estimate of drug-likeness (QED) is 0.765. The Morgan fingerprint density at radius 1 is 1.04 bits per heavy atom. The van der Waals surface area contributed by atoms with Crippen molar-refractivity contribution in [1.29, 1.82) is 0 Å². The maximum absolute atomic E-state index is 12.2. The minimum absolute atomic E-state index is 0.0628. The summed E-state index contributed by atoms with van der Waals surface area (Å²) >= 11 is 0. The van der Waals surface area contributed by atoms with E-state index in [2.05, 4.69) is 10.3 Å². The fourth-order valence-electron chi connectivity index (χ4n) is 2.23. The number of carbonyl (C=O) groups excluding carboxylic acids is 1. The number of benzene rings is 2. The van der Waals surface area contributed by atoms with Gasteiger partial charge in [-0.3, -0.25) is 4.79 Å². The summed E-state index contributed by atoms with van der Waals surface area (Å²) in [5, 5.41) is 4.88. The standard InChI is InChI=1S/C16H13F3N4O/c1-23-13-5-3-2-4-12(13)22-15(23)21-11-8-6-10(7-9-11)20-14(24)16(17,18)19/h2-9H,1H3,(H,20,24)(H,21,22). The SMILES string of the molecule is Cn1c(Nc2ccc(NC(=O)C(F)(F)F)cc2)nc2ccccc21. The molecule has 0 saturated carbocycles. The van der Waals surface area contributed by atoms with Gasteiger partial charge in [0, 0.05) is 18.4 Å². The average Bonchev–Trinajstić information content (AvgIpc) is 2.85. The molecule has 0 aliphatic carbocycles. The number of rotatable bonds is 3. The van der Waals surface area contributed by atoms with Crippen molar-refractivity contribution in [2.24, 2.45) is 7.05 Å². The maximum atomic E-state index is 12.2. The molecular weight excluding hydrogens is 321 g/mol. The van der Waals surface area contributed by atoms with E-state index in [1.54, 1.807) is 17.4 Å². The Kier molecular flexibility index (Phi) is 3.88. The van der Waals surface area contributed by atoms with Gasteiger partial charge in [-0.2, -0.15) is 13.2 Å². The molecule has 0 bridgehead atoms. The molecule has 1 aromatic heterocycles. The van der Waals surface area contributed by atoms with Crippen LogP contribution >= 0.6 is 0 Å². The predicted molar refractivity (Wildman–Crippen MR) is 85.1 cm³/mol. The van der Waals surface area contributed by atoms with Gasteiger partial charge in [-0.15, -0.1) is 0 Å². The van der Waals surface area contributed by atoms with E-state index < -0.39 is 12.1 Å². The Hall–Kier alpha value is -3.03. The van der Waals surface area contributed by atoms with Crippen LogP contribution in [0, 0.1) is 0 Å². The van der Waals surface area contributed by atoms with Gasteiger partial charge in [-0.05, 0) is 36.4 Å². The lowest BCUT2D eigenvalue weighted by atomic mass is 10.3. The number of carbonyl (C=O) groups is 1. The van der Waals surface area contributed by atoms with Gasteiger partial charge >= 0.3 is 12.1 Å². The van der Waals surface area contributed by atoms with Crippen LogP contribution in [-0.4, -0.2) is 21.6 Å². The summed E-state index contributed by atoms with van der Waals surface area (Å²) in [4.78, 5) is 15.3. The van der Waals surface area contributed by atoms with Gasteiger partial charge < -0.3 is 15.2 Å². The Balaban J connectivity index is 1.76. The number of hydrogen-bond acceptors (Lipinski definition) is 3. The number of nitrogens with zero attached hydrogens (tertiary/aromatic N) is 2. The third-order valence-corrected chi connectivity index (χ3v) is 3.44. The molecular formula is C16H13F3N4O. The number of aromatic nitrogens is 2. The van der Waals surface area contributed by atoms with Gasteiger partial charge in [-0.1, -0.05) is 12.1 Å². The van der Waals surface area contributed by atoms with Crippen molar-refractivity contribution in [1.82, 2.24) is 9.55 Å². The summed E-state index contributed by atoms with van der Waals surface area (Å²) in [5.74, 6) is -1.40. The van der Waals surface area contributed by atoms with E-state index in [9.17, 15) is 18.0 Å². The fourth-order valence-corrected chi connectivity index (χ4v) is 2.23. The van der Waals surface area contributed by atoms with Crippen LogP contribution in [0.3, 0.4) is 0 Å². The van der Waals surface area contributed by atoms with Gasteiger partial charge in [0.25, 0.3) is 0 Å². The Labute approximate surface area is 135 Å². The molecule has 3 aromatic rings. The van der Waals surface area contributed by atoms with E-state index in [0.717, 1.165) is 11.0 Å². The minimum Gasteiger partial charge on any atom is -0.326 e. The van der Waals surface area contributed by atoms with E-state index >= 15 is 0 Å². The first-order valence-corrected chi connectivity index (χ1v) is 7.01. The number of alkyl halides is 3. The van der Waals surface area contributed by atoms with Gasteiger partial charge in [0.05, 0.1) is 11.0 Å². The summed E-state index contributed by atoms with van der Waals surface area (Å²) < 4.78 is 38.5. The number of imidazole rings is 1. The number of fused-ring (bicyclic) bond motifs is 1. The van der Waals surface area contributed by atoms with Crippen LogP contribution in [0.25, 0.3) is 11.0 Å². The largest absolute Gasteiger partial charge is 0.471 e. The molecule has 0 spiro atoms. The minimum atomic E-state index is -4.91. The molecule has 0 saturated heterocycles. The molecule has 0 fully saturated rings. The number of aryl methyl sites for hydroxylation is 1. The molecule has 5 nitrogen and oxygen atoms in total. The number of para-hydroxylation sites is 2. The van der Waals surface area contributed by atoms with Crippen molar-refractivity contribution in [3.63, 3.8) is 0 Å². The second kappa shape index (κ2) is 5.88. The van der Waals surface area contributed by atoms with E-state index in [0.29, 0.717) is 11.6 Å². The first-order valence-electron chi connectivity index (χ1n) is 7.01. The molecule has 1 heterocycles. The highest BCUT2D eigenvalue weighted by Crippen LogP contribution is 2.23. The summed E-state index contributed by atoms with van der Waals surface area (Å²) in [7, 11) is 1.86. The van der Waals surface area contributed by atoms with Gasteiger partial charge in [0.2, 0.25) is 5.95 Å². The third kappa shape index (κ3) is 3.17. The Morgan fingerprint density at radius 3 is 2.29 bits per heavy atom. The number of anilines is 3. The predicted octanol–water partition coefficient (Wildman–Crippen LogP) is 3.82. The zero-order chi connectivity index (χ0) is 17.3. The zero-order valence-electron chi connectivity index (χ0n) is 12.6. The highest BCUT2D eigenvalue weighted by molar-refractivity contribution is 5.95. The zero-order valence-corrected chi connectivity index (χ0v) is 12.6. The molecule has 0 radical (unpaired) electrons. The molecule has 0 unspecified atom stereocenters. The normalized spacial score (nSPS) is 11.5. The molecule has 3 rings (SSSR count). The molecule has 8 heteroatoms. The third-order valence-electron chi connectivity index (χ3n) is 3.44. The van der Waals surface area contributed by atoms with Crippen LogP contribution in [-0.2, 0) is 11.8 Å². The molecule has 24 heavy (non-hydrogen) atoms. The number of halogens is 3. The van der Waals surface area contributed by atoms with E-state index in [1.807, 2.05) is 35.9 Å². The lowest BCUT2D eigenvalue weighted by Crippen LogP contribution is -2.29. The molecule has 124 valence electrons. The van der Waals surface area contributed by atoms with E-state index in [1.165, 1.54) is 12.1 Å². The number of hydrogen-bond donors (Lipinski definition) is 2. The van der Waals surface area contributed by atoms with Crippen molar-refractivity contribution >= 4 is 34.3 Å². The number of nitrogens with one attached hydrogen (secondary N) is 2. The summed E-state index contributed by atoms with van der Waals surface area (Å²) in [6, 6.07) is 13.5. The highest BCUT2D eigenvalue weighted by Gasteiger charge is 2.38. The molecule has 0 aliphatic rings. The van der Waals surface area contributed by atoms with Crippen molar-refractivity contribution in [3.05, 3.63) is 48.5 Å². The van der Waals surface area contributed by atoms with Crippen LogP contribution in [0.1, 0.15) is 0 Å². The van der Waals surface area contributed by atoms with Crippen molar-refractivity contribution in [2.45, 2.75) is 6.18 Å². The van der Waals surface area contributed by atoms with Crippen LogP contribution in [0.15, 0.2) is 48.5 Å². The van der Waals surface area contributed by atoms with Crippen LogP contribution < -0.4 is 10.6 Å². The maximum Gasteiger partial charge on any atom is 0.471 e. The number of amides is 1. The first-order chi connectivity index (χ1) is 11.3. The monoisotopic (exact) mass is 334 g/mol. The highest BCUT2D eigenvalue weighted by atomic mass is 19.4. The van der Waals surface area contributed by atoms with Crippen LogP contribution in [0.4, 0.5) is 30.5 Å². The second-order valence-corrected chi connectivity index (χ2v) is 5.14. The molecule has 0 aliphatic heterocycles. The van der Waals surface area contributed by atoms with Gasteiger partial charge in [0.1, 0.15) is 0 Å². The summed E-state index contributed by atoms with van der Waals surface area (Å²) in [6.45, 7) is 0. The first kappa shape index (κ1) is 15.9. The van der Waals surface area contributed by atoms with E-state index in [-0.39, 0.29) is 5.69 Å². The van der Waals surface area contributed by atoms with Crippen molar-refractivity contribution in [3.8, 4) is 0 Å². The lowest BCUT2D eigenvalue weighted by Gasteiger charge is -2.09. The average molecular weight is 334 g/mol. The molecule has 0 atom stereocenters. The Morgan fingerprint density at radius 2 is 1.67 bits per heavy atom. The summed E-state index contributed by atoms with van der Waals surface area (Å²) in [5.41, 5.74) is 2.48. The Bertz CT molecular complexity index is 884. The summed E-state index contributed by atoms with van der Waals surface area (Å²) in [6.07, 6.45) is -4.91. The van der Waals surface area contributed by atoms with Gasteiger partial charge in [0.15, 0.2) is 0 Å². The van der Waals surface area contributed by atoms with Crippen LogP contribution in [0.5, 0.6) is 0 Å². The molecule has 2 aromatic carbocycles. The van der Waals surface area contributed by atoms with Crippen LogP contribution in [0.2, 0.25) is 0 Å². The lowest BCUT2D eigenvalue weighted by molar-refractivity contribution is -0.167. The van der Waals surface area contributed by atoms with Gasteiger partial charge in [-0.25, -0.2) is 4.98 Å². The molecule has 2 N–H and O–H groups in total. The topological polar surface area (TPSA) is 59.0 Å². The van der Waals surface area contributed by atoms with Crippen molar-refractivity contribution < 1.29 is 18.0 Å². The van der Waals surface area contributed by atoms with E-state index in [4.69, 9.17) is 0 Å². The smallest absolute Gasteiger partial charge is 0.326 e. The fraction of sp³-hybridized carbons (Fsp3) is 0.125. The second-order valence-electron chi connectivity index (χ2n) is 5.14.